The number of hydrogen-bond acceptors (Lipinski definition) is 5. The molecule has 170 valence electrons. The maximum atomic E-state index is 13.6. The number of anilines is 1. The summed E-state index contributed by atoms with van der Waals surface area (Å²) in [6.45, 7) is 0.274. The fraction of sp³-hybridized carbons (Fsp3) is 0.0870. The van der Waals surface area contributed by atoms with Gasteiger partial charge in [-0.05, 0) is 63.5 Å². The quantitative estimate of drug-likeness (QED) is 0.256. The minimum atomic E-state index is -1.05. The number of nitrogens with zero attached hydrogens (tertiary/aromatic N) is 1. The number of benzene rings is 3. The number of rotatable bonds is 7. The van der Waals surface area contributed by atoms with Crippen LogP contribution in [-0.2, 0) is 16.2 Å². The molecule has 2 amide bonds. The Morgan fingerprint density at radius 3 is 2.64 bits per heavy atom. The third-order valence-corrected chi connectivity index (χ3v) is 5.06. The number of carbonyl (C=O) groups is 2. The summed E-state index contributed by atoms with van der Waals surface area (Å²) in [5, 5.41) is 6.55. The number of para-hydroxylation sites is 1. The molecule has 0 heterocycles. The van der Waals surface area contributed by atoms with Crippen molar-refractivity contribution in [2.75, 3.05) is 12.4 Å². The van der Waals surface area contributed by atoms with Gasteiger partial charge in [0.1, 0.15) is 12.4 Å². The van der Waals surface area contributed by atoms with Gasteiger partial charge >= 0.3 is 11.8 Å². The Kier molecular flexibility index (Phi) is 8.39. The van der Waals surface area contributed by atoms with Crippen LogP contribution in [0.25, 0.3) is 0 Å². The molecule has 0 aliphatic heterocycles. The van der Waals surface area contributed by atoms with E-state index in [0.29, 0.717) is 26.6 Å². The van der Waals surface area contributed by atoms with E-state index in [-0.39, 0.29) is 12.3 Å². The van der Waals surface area contributed by atoms with Gasteiger partial charge in [0.05, 0.1) is 23.5 Å². The second-order valence-corrected chi connectivity index (χ2v) is 7.88. The largest absolute Gasteiger partial charge is 0.493 e. The number of halogens is 3. The van der Waals surface area contributed by atoms with Gasteiger partial charge in [-0.15, -0.1) is 0 Å². The van der Waals surface area contributed by atoms with Gasteiger partial charge in [0.15, 0.2) is 11.5 Å². The summed E-state index contributed by atoms with van der Waals surface area (Å²) in [7, 11) is 1.49. The minimum Gasteiger partial charge on any atom is -0.493 e. The summed E-state index contributed by atoms with van der Waals surface area (Å²) in [4.78, 5) is 23.8. The molecule has 0 bridgehead atoms. The third kappa shape index (κ3) is 6.77. The van der Waals surface area contributed by atoms with Crippen molar-refractivity contribution in [1.82, 2.24) is 5.43 Å². The van der Waals surface area contributed by atoms with Gasteiger partial charge in [-0.3, -0.25) is 9.59 Å². The van der Waals surface area contributed by atoms with Gasteiger partial charge < -0.3 is 14.8 Å². The van der Waals surface area contributed by atoms with Crippen LogP contribution in [0, 0.1) is 5.82 Å². The van der Waals surface area contributed by atoms with Gasteiger partial charge in [-0.25, -0.2) is 9.82 Å². The van der Waals surface area contributed by atoms with Crippen LogP contribution in [0.2, 0.25) is 5.02 Å². The fourth-order valence-electron chi connectivity index (χ4n) is 2.69. The van der Waals surface area contributed by atoms with Gasteiger partial charge in [-0.2, -0.15) is 5.10 Å². The molecule has 0 spiro atoms. The van der Waals surface area contributed by atoms with E-state index in [9.17, 15) is 14.0 Å². The van der Waals surface area contributed by atoms with E-state index in [4.69, 9.17) is 21.1 Å². The van der Waals surface area contributed by atoms with Gasteiger partial charge in [0, 0.05) is 5.02 Å². The van der Waals surface area contributed by atoms with Crippen LogP contribution in [0.1, 0.15) is 11.1 Å². The zero-order valence-electron chi connectivity index (χ0n) is 17.3. The zero-order valence-corrected chi connectivity index (χ0v) is 19.6. The lowest BCUT2D eigenvalue weighted by atomic mass is 10.2. The molecular formula is C23H18BrClFN3O4. The number of methoxy groups -OCH3 is 1. The van der Waals surface area contributed by atoms with Crippen LogP contribution in [0.4, 0.5) is 10.1 Å². The van der Waals surface area contributed by atoms with Crippen LogP contribution in [0.15, 0.2) is 70.2 Å². The monoisotopic (exact) mass is 533 g/mol. The van der Waals surface area contributed by atoms with Crippen LogP contribution in [-0.4, -0.2) is 25.1 Å². The van der Waals surface area contributed by atoms with Crippen LogP contribution < -0.4 is 20.2 Å². The number of hydrogen-bond donors (Lipinski definition) is 2. The molecule has 3 rings (SSSR count). The first-order valence-corrected chi connectivity index (χ1v) is 10.7. The zero-order chi connectivity index (χ0) is 23.8. The molecular weight excluding hydrogens is 517 g/mol. The predicted octanol–water partition coefficient (Wildman–Crippen LogP) is 4.92. The summed E-state index contributed by atoms with van der Waals surface area (Å²) in [5.41, 5.74) is 3.43. The molecule has 0 unspecified atom stereocenters. The second kappa shape index (κ2) is 11.4. The Morgan fingerprint density at radius 2 is 1.91 bits per heavy atom. The maximum absolute atomic E-state index is 13.6. The van der Waals surface area contributed by atoms with Crippen LogP contribution in [0.3, 0.4) is 0 Å². The standard InChI is InChI=1S/C23H18BrClFN3O4/c1-32-20-11-15(10-17(24)21(20)33-13-14-5-4-6-16(25)9-14)12-27-29-23(31)22(30)28-19-8-3-2-7-18(19)26/h2-12H,13H2,1H3,(H,28,30)(H,29,31)/b27-12+. The second-order valence-electron chi connectivity index (χ2n) is 6.59. The SMILES string of the molecule is COc1cc(/C=N/NC(=O)C(=O)Nc2ccccc2F)cc(Br)c1OCc1cccc(Cl)c1. The molecule has 2 N–H and O–H groups in total. The average Bonchev–Trinajstić information content (AvgIpc) is 2.79. The van der Waals surface area contributed by atoms with Gasteiger partial charge in [0.25, 0.3) is 0 Å². The van der Waals surface area contributed by atoms with Gasteiger partial charge in [0.2, 0.25) is 0 Å². The molecule has 0 aromatic heterocycles. The summed E-state index contributed by atoms with van der Waals surface area (Å²) >= 11 is 9.43. The van der Waals surface area contributed by atoms with E-state index in [1.807, 2.05) is 12.1 Å². The molecule has 33 heavy (non-hydrogen) atoms. The van der Waals surface area contributed by atoms with Crippen molar-refractivity contribution in [1.29, 1.82) is 0 Å². The van der Waals surface area contributed by atoms with E-state index >= 15 is 0 Å². The first-order chi connectivity index (χ1) is 15.9. The lowest BCUT2D eigenvalue weighted by Gasteiger charge is -2.13. The van der Waals surface area contributed by atoms with Crippen LogP contribution >= 0.6 is 27.5 Å². The molecule has 0 radical (unpaired) electrons. The van der Waals surface area contributed by atoms with Crippen LogP contribution in [0.5, 0.6) is 11.5 Å². The predicted molar refractivity (Wildman–Crippen MR) is 127 cm³/mol. The highest BCUT2D eigenvalue weighted by molar-refractivity contribution is 9.10. The summed E-state index contributed by atoms with van der Waals surface area (Å²) in [6, 6.07) is 16.1. The normalized spacial score (nSPS) is 10.7. The highest BCUT2D eigenvalue weighted by Crippen LogP contribution is 2.37. The highest BCUT2D eigenvalue weighted by Gasteiger charge is 2.15. The molecule has 0 atom stereocenters. The Morgan fingerprint density at radius 1 is 1.12 bits per heavy atom. The van der Waals surface area contributed by atoms with Crippen molar-refractivity contribution in [3.63, 3.8) is 0 Å². The maximum Gasteiger partial charge on any atom is 0.329 e. The van der Waals surface area contributed by atoms with Crippen molar-refractivity contribution >= 4 is 51.2 Å². The highest BCUT2D eigenvalue weighted by atomic mass is 79.9. The summed E-state index contributed by atoms with van der Waals surface area (Å²) < 4.78 is 25.4. The molecule has 3 aromatic carbocycles. The summed E-state index contributed by atoms with van der Waals surface area (Å²) in [6.07, 6.45) is 1.32. The Balaban J connectivity index is 1.63. The molecule has 3 aromatic rings. The fourth-order valence-corrected chi connectivity index (χ4v) is 3.48. The third-order valence-electron chi connectivity index (χ3n) is 4.23. The van der Waals surface area contributed by atoms with E-state index in [2.05, 4.69) is 31.8 Å². The van der Waals surface area contributed by atoms with Crippen molar-refractivity contribution in [2.45, 2.75) is 6.61 Å². The lowest BCUT2D eigenvalue weighted by Crippen LogP contribution is -2.32. The molecule has 0 saturated carbocycles. The Hall–Kier alpha value is -3.43. The molecule has 0 fully saturated rings. The van der Waals surface area contributed by atoms with E-state index in [0.717, 1.165) is 5.56 Å². The molecule has 7 nitrogen and oxygen atoms in total. The summed E-state index contributed by atoms with van der Waals surface area (Å²) in [5.74, 6) is -1.86. The van der Waals surface area contributed by atoms with Crippen molar-refractivity contribution < 1.29 is 23.5 Å². The van der Waals surface area contributed by atoms with E-state index < -0.39 is 17.6 Å². The number of nitrogens with one attached hydrogen (secondary N) is 2. The smallest absolute Gasteiger partial charge is 0.329 e. The topological polar surface area (TPSA) is 89.0 Å². The molecule has 0 aliphatic carbocycles. The molecule has 10 heteroatoms. The van der Waals surface area contributed by atoms with E-state index in [1.165, 1.54) is 37.6 Å². The molecule has 0 saturated heterocycles. The Labute approximate surface area is 202 Å². The first-order valence-electron chi connectivity index (χ1n) is 9.51. The van der Waals surface area contributed by atoms with Crippen molar-refractivity contribution in [3.05, 3.63) is 87.1 Å². The average molecular weight is 535 g/mol. The van der Waals surface area contributed by atoms with E-state index in [1.54, 1.807) is 24.3 Å². The first kappa shape index (κ1) is 24.2. The number of amides is 2. The minimum absolute atomic E-state index is 0.108. The van der Waals surface area contributed by atoms with Crippen molar-refractivity contribution in [3.8, 4) is 11.5 Å². The van der Waals surface area contributed by atoms with Gasteiger partial charge in [-0.1, -0.05) is 35.9 Å². The van der Waals surface area contributed by atoms with Crippen molar-refractivity contribution in [2.24, 2.45) is 5.10 Å². The molecule has 0 aliphatic rings. The number of ether oxygens (including phenoxy) is 2. The Bertz CT molecular complexity index is 1210. The lowest BCUT2D eigenvalue weighted by molar-refractivity contribution is -0.136. The number of carbonyl (C=O) groups excluding carboxylic acids is 2. The number of hydrazone groups is 1.